The summed E-state index contributed by atoms with van der Waals surface area (Å²) in [7, 11) is 0. The highest BCUT2D eigenvalue weighted by molar-refractivity contribution is 5.97. The second-order valence-corrected chi connectivity index (χ2v) is 7.36. The number of phenolic OH excluding ortho intramolecular Hbond substituents is 1. The van der Waals surface area contributed by atoms with Gasteiger partial charge in [0.15, 0.2) is 0 Å². The Morgan fingerprint density at radius 1 is 1.00 bits per heavy atom. The molecule has 2 heterocycles. The van der Waals surface area contributed by atoms with Gasteiger partial charge in [0.1, 0.15) is 5.75 Å². The van der Waals surface area contributed by atoms with E-state index in [0.717, 1.165) is 23.1 Å². The lowest BCUT2D eigenvalue weighted by Gasteiger charge is -2.34. The minimum atomic E-state index is -4.33. The van der Waals surface area contributed by atoms with Gasteiger partial charge in [-0.1, -0.05) is 12.1 Å². The Morgan fingerprint density at radius 3 is 2.37 bits per heavy atom. The van der Waals surface area contributed by atoms with E-state index in [1.807, 2.05) is 0 Å². The number of pyridine rings is 1. The average Bonchev–Trinajstić information content (AvgIpc) is 2.73. The maximum atomic E-state index is 12.8. The molecular formula is C22H20F3N3O2. The first-order valence-electron chi connectivity index (χ1n) is 9.56. The molecule has 3 aromatic rings. The highest BCUT2D eigenvalue weighted by Gasteiger charge is 2.30. The number of fused-ring (bicyclic) bond motifs is 1. The molecular weight excluding hydrogens is 395 g/mol. The van der Waals surface area contributed by atoms with E-state index >= 15 is 0 Å². The Morgan fingerprint density at radius 2 is 1.70 bits per heavy atom. The number of aromatic hydroxyl groups is 1. The third-order valence-corrected chi connectivity index (χ3v) is 5.26. The highest BCUT2D eigenvalue weighted by atomic mass is 19.4. The molecule has 8 heteroatoms. The van der Waals surface area contributed by atoms with Gasteiger partial charge in [0.25, 0.3) is 5.91 Å². The van der Waals surface area contributed by atoms with Gasteiger partial charge in [-0.05, 0) is 35.9 Å². The first-order chi connectivity index (χ1) is 14.3. The fourth-order valence-electron chi connectivity index (χ4n) is 3.58. The van der Waals surface area contributed by atoms with E-state index in [1.165, 1.54) is 18.3 Å². The van der Waals surface area contributed by atoms with Gasteiger partial charge in [-0.25, -0.2) is 0 Å². The predicted molar refractivity (Wildman–Crippen MR) is 106 cm³/mol. The molecule has 0 radical (unpaired) electrons. The lowest BCUT2D eigenvalue weighted by Crippen LogP contribution is -2.48. The Hall–Kier alpha value is -3.13. The summed E-state index contributed by atoms with van der Waals surface area (Å²) < 4.78 is 38.0. The maximum absolute atomic E-state index is 12.8. The molecule has 2 aromatic carbocycles. The summed E-state index contributed by atoms with van der Waals surface area (Å²) in [5, 5.41) is 10.3. The summed E-state index contributed by atoms with van der Waals surface area (Å²) in [6.07, 6.45) is -2.82. The number of rotatable bonds is 3. The molecule has 1 fully saturated rings. The monoisotopic (exact) mass is 415 g/mol. The van der Waals surface area contributed by atoms with Crippen LogP contribution in [-0.4, -0.2) is 52.0 Å². The van der Waals surface area contributed by atoms with Gasteiger partial charge in [0.05, 0.1) is 16.6 Å². The number of phenols is 1. The summed E-state index contributed by atoms with van der Waals surface area (Å²) in [6.45, 7) is 2.89. The number of amides is 1. The molecule has 4 rings (SSSR count). The molecule has 0 saturated carbocycles. The molecule has 156 valence electrons. The number of hydrogen-bond acceptors (Lipinski definition) is 4. The number of aromatic nitrogens is 1. The molecule has 0 unspecified atom stereocenters. The zero-order chi connectivity index (χ0) is 21.3. The molecule has 1 aliphatic rings. The van der Waals surface area contributed by atoms with Crippen molar-refractivity contribution >= 4 is 16.8 Å². The van der Waals surface area contributed by atoms with Crippen molar-refractivity contribution in [3.63, 3.8) is 0 Å². The second kappa shape index (κ2) is 7.95. The quantitative estimate of drug-likeness (QED) is 0.705. The van der Waals surface area contributed by atoms with Crippen molar-refractivity contribution in [3.05, 3.63) is 71.4 Å². The molecule has 0 aliphatic carbocycles. The van der Waals surface area contributed by atoms with E-state index in [4.69, 9.17) is 0 Å². The van der Waals surface area contributed by atoms with E-state index in [0.29, 0.717) is 43.8 Å². The molecule has 1 aliphatic heterocycles. The molecule has 0 spiro atoms. The third kappa shape index (κ3) is 4.38. The Bertz CT molecular complexity index is 1060. The van der Waals surface area contributed by atoms with Crippen LogP contribution in [-0.2, 0) is 12.7 Å². The van der Waals surface area contributed by atoms with Crippen molar-refractivity contribution in [1.82, 2.24) is 14.8 Å². The van der Waals surface area contributed by atoms with E-state index in [2.05, 4.69) is 9.88 Å². The van der Waals surface area contributed by atoms with Crippen LogP contribution in [0.25, 0.3) is 10.9 Å². The van der Waals surface area contributed by atoms with Crippen molar-refractivity contribution in [2.75, 3.05) is 26.2 Å². The van der Waals surface area contributed by atoms with Gasteiger partial charge in [-0.3, -0.25) is 14.7 Å². The second-order valence-electron chi connectivity index (χ2n) is 7.36. The summed E-state index contributed by atoms with van der Waals surface area (Å²) in [4.78, 5) is 20.9. The van der Waals surface area contributed by atoms with Crippen LogP contribution in [0.3, 0.4) is 0 Å². The number of carbonyl (C=O) groups excluding carboxylic acids is 1. The number of nitrogens with zero attached hydrogens (tertiary/aromatic N) is 3. The van der Waals surface area contributed by atoms with Crippen molar-refractivity contribution in [2.45, 2.75) is 12.7 Å². The number of carbonyl (C=O) groups is 1. The fraction of sp³-hybridized carbons (Fsp3) is 0.273. The number of hydrogen-bond donors (Lipinski definition) is 1. The summed E-state index contributed by atoms with van der Waals surface area (Å²) in [5.74, 6) is 0.0184. The molecule has 0 atom stereocenters. The largest absolute Gasteiger partial charge is 0.508 e. The van der Waals surface area contributed by atoms with Crippen LogP contribution in [0.5, 0.6) is 5.75 Å². The van der Waals surface area contributed by atoms with Gasteiger partial charge < -0.3 is 10.0 Å². The first-order valence-corrected chi connectivity index (χ1v) is 9.56. The highest BCUT2D eigenvalue weighted by Crippen LogP contribution is 2.29. The van der Waals surface area contributed by atoms with Crippen LogP contribution < -0.4 is 0 Å². The zero-order valence-electron chi connectivity index (χ0n) is 16.1. The average molecular weight is 415 g/mol. The maximum Gasteiger partial charge on any atom is 0.416 e. The number of alkyl halides is 3. The predicted octanol–water partition coefficient (Wildman–Crippen LogP) is 3.92. The van der Waals surface area contributed by atoms with Crippen LogP contribution in [0.1, 0.15) is 21.5 Å². The molecule has 1 amide bonds. The van der Waals surface area contributed by atoms with Crippen molar-refractivity contribution < 1.29 is 23.1 Å². The smallest absolute Gasteiger partial charge is 0.416 e. The van der Waals surface area contributed by atoms with Crippen molar-refractivity contribution in [1.29, 1.82) is 0 Å². The zero-order valence-corrected chi connectivity index (χ0v) is 16.1. The minimum Gasteiger partial charge on any atom is -0.508 e. The molecule has 5 nitrogen and oxygen atoms in total. The van der Waals surface area contributed by atoms with Crippen molar-refractivity contribution in [3.8, 4) is 5.75 Å². The van der Waals surface area contributed by atoms with Crippen LogP contribution in [0.15, 0.2) is 54.7 Å². The van der Waals surface area contributed by atoms with Gasteiger partial charge in [-0.2, -0.15) is 13.2 Å². The van der Waals surface area contributed by atoms with Crippen LogP contribution in [0.2, 0.25) is 0 Å². The van der Waals surface area contributed by atoms with Gasteiger partial charge in [0, 0.05) is 50.4 Å². The summed E-state index contributed by atoms with van der Waals surface area (Å²) >= 11 is 0. The molecule has 1 aromatic heterocycles. The van der Waals surface area contributed by atoms with Crippen LogP contribution in [0.4, 0.5) is 13.2 Å². The SMILES string of the molecule is O=C(c1cnc2cc(O)ccc2c1)N1CCN(Cc2ccc(C(F)(F)F)cc2)CC1. The topological polar surface area (TPSA) is 56.7 Å². The Balaban J connectivity index is 1.36. The standard InChI is InChI=1S/C22H20F3N3O2/c23-22(24,25)18-4-1-15(2-5-18)14-27-7-9-28(10-8-27)21(30)17-11-16-3-6-19(29)12-20(16)26-13-17/h1-6,11-13,29H,7-10,14H2. The first kappa shape index (κ1) is 20.2. The lowest BCUT2D eigenvalue weighted by molar-refractivity contribution is -0.137. The van der Waals surface area contributed by atoms with Gasteiger partial charge >= 0.3 is 6.18 Å². The van der Waals surface area contributed by atoms with Crippen LogP contribution >= 0.6 is 0 Å². The normalized spacial score (nSPS) is 15.5. The molecule has 1 saturated heterocycles. The van der Waals surface area contributed by atoms with Crippen LogP contribution in [0, 0.1) is 0 Å². The Labute approximate surface area is 171 Å². The van der Waals surface area contributed by atoms with E-state index in [-0.39, 0.29) is 11.7 Å². The van der Waals surface area contributed by atoms with E-state index in [1.54, 1.807) is 29.2 Å². The van der Waals surface area contributed by atoms with Gasteiger partial charge in [0.2, 0.25) is 0 Å². The number of benzene rings is 2. The number of halogens is 3. The Kier molecular flexibility index (Phi) is 5.34. The number of piperazine rings is 1. The third-order valence-electron chi connectivity index (χ3n) is 5.26. The van der Waals surface area contributed by atoms with Gasteiger partial charge in [-0.15, -0.1) is 0 Å². The fourth-order valence-corrected chi connectivity index (χ4v) is 3.58. The van der Waals surface area contributed by atoms with E-state index < -0.39 is 11.7 Å². The summed E-state index contributed by atoms with van der Waals surface area (Å²) in [5.41, 5.74) is 1.27. The molecule has 1 N–H and O–H groups in total. The summed E-state index contributed by atoms with van der Waals surface area (Å²) in [6, 6.07) is 11.8. The molecule has 0 bridgehead atoms. The lowest BCUT2D eigenvalue weighted by atomic mass is 10.1. The molecule has 30 heavy (non-hydrogen) atoms. The van der Waals surface area contributed by atoms with Crippen molar-refractivity contribution in [2.24, 2.45) is 0 Å². The van der Waals surface area contributed by atoms with E-state index in [9.17, 15) is 23.1 Å². The minimum absolute atomic E-state index is 0.105.